The molecule has 2 aliphatic carbocycles. The van der Waals surface area contributed by atoms with Crippen molar-refractivity contribution >= 4 is 26.9 Å². The molecule has 7 rings (SSSR count). The third kappa shape index (κ3) is 3.55. The number of carboxylic acids is 1. The average molecular weight is 551 g/mol. The van der Waals surface area contributed by atoms with Gasteiger partial charge in [-0.05, 0) is 73.6 Å². The Hall–Kier alpha value is -2.88. The first-order chi connectivity index (χ1) is 18.6. The minimum Gasteiger partial charge on any atom is -0.497 e. The van der Waals surface area contributed by atoms with Crippen LogP contribution in [0.1, 0.15) is 78.8 Å². The molecular formula is C30H34N2O6S. The normalized spacial score (nSPS) is 26.2. The van der Waals surface area contributed by atoms with Crippen LogP contribution in [0.25, 0.3) is 22.2 Å². The Morgan fingerprint density at radius 1 is 1.05 bits per heavy atom. The standard InChI is InChI=1S/C30H34N2O6S/c1-29(35)15-31(16-29)39(36,37)30-14-24(30)23-13-20(38-2)9-11-21(23)27-26(18-6-4-3-5-7-18)22-10-8-19(28(33)34)12-25(22)32(27)17-30/h8-13,18,24,35H,3-7,14-17H2,1-2H3,(H,33,34). The number of carboxylic acid groups (broad SMARTS) is 1. The fraction of sp³-hybridized carbons (Fsp3) is 0.500. The molecule has 0 radical (unpaired) electrons. The number of methoxy groups -OCH3 is 1. The number of fused-ring (bicyclic) bond motifs is 7. The molecule has 8 nitrogen and oxygen atoms in total. The van der Waals surface area contributed by atoms with Crippen molar-refractivity contribution in [2.75, 3.05) is 20.2 Å². The number of aromatic nitrogens is 1. The fourth-order valence-corrected chi connectivity index (χ4v) is 10.1. The van der Waals surface area contributed by atoms with Gasteiger partial charge in [-0.25, -0.2) is 13.2 Å². The van der Waals surface area contributed by atoms with Gasteiger partial charge in [-0.1, -0.05) is 25.3 Å². The van der Waals surface area contributed by atoms with Crippen LogP contribution in [0, 0.1) is 0 Å². The van der Waals surface area contributed by atoms with Gasteiger partial charge in [0.1, 0.15) is 10.5 Å². The molecule has 3 heterocycles. The van der Waals surface area contributed by atoms with Crippen LogP contribution in [0.4, 0.5) is 0 Å². The molecule has 3 fully saturated rings. The molecule has 2 unspecified atom stereocenters. The Labute approximate surface area is 228 Å². The Bertz CT molecular complexity index is 1630. The first-order valence-corrected chi connectivity index (χ1v) is 15.3. The van der Waals surface area contributed by atoms with Gasteiger partial charge in [0.2, 0.25) is 10.0 Å². The number of ether oxygens (including phenoxy) is 1. The lowest BCUT2D eigenvalue weighted by Gasteiger charge is -2.44. The summed E-state index contributed by atoms with van der Waals surface area (Å²) in [5.41, 5.74) is 4.19. The number of aromatic carboxylic acids is 1. The van der Waals surface area contributed by atoms with E-state index in [1.807, 2.05) is 18.2 Å². The van der Waals surface area contributed by atoms with E-state index in [9.17, 15) is 23.4 Å². The number of aliphatic hydroxyl groups is 1. The van der Waals surface area contributed by atoms with E-state index in [2.05, 4.69) is 10.6 Å². The van der Waals surface area contributed by atoms with E-state index in [-0.39, 0.29) is 31.1 Å². The number of β-amino-alcohol motifs (C(OH)–C–C–N with tert-alkyl or cyclic N) is 1. The van der Waals surface area contributed by atoms with Crippen molar-refractivity contribution < 1.29 is 28.2 Å². The molecule has 2 saturated carbocycles. The van der Waals surface area contributed by atoms with E-state index in [1.165, 1.54) is 16.3 Å². The van der Waals surface area contributed by atoms with Crippen LogP contribution in [-0.4, -0.2) is 64.0 Å². The molecule has 0 spiro atoms. The lowest BCUT2D eigenvalue weighted by molar-refractivity contribution is -0.0432. The number of benzene rings is 2. The summed E-state index contributed by atoms with van der Waals surface area (Å²) in [6, 6.07) is 11.3. The SMILES string of the molecule is COc1ccc2c(c1)C1CC1(S(=O)(=O)N1CC(C)(O)C1)Cn1c-2c(C2CCCCC2)c2ccc(C(=O)O)cc21. The molecule has 4 aliphatic rings. The highest BCUT2D eigenvalue weighted by molar-refractivity contribution is 7.91. The monoisotopic (exact) mass is 550 g/mol. The van der Waals surface area contributed by atoms with Gasteiger partial charge in [-0.3, -0.25) is 0 Å². The van der Waals surface area contributed by atoms with Crippen LogP contribution >= 0.6 is 0 Å². The number of rotatable bonds is 5. The molecule has 1 aromatic heterocycles. The molecule has 2 N–H and O–H groups in total. The van der Waals surface area contributed by atoms with Gasteiger partial charge in [-0.2, -0.15) is 4.31 Å². The summed E-state index contributed by atoms with van der Waals surface area (Å²) in [4.78, 5) is 12.0. The third-order valence-electron chi connectivity index (χ3n) is 9.59. The van der Waals surface area contributed by atoms with Gasteiger partial charge in [0.15, 0.2) is 0 Å². The van der Waals surface area contributed by atoms with Gasteiger partial charge in [0.25, 0.3) is 0 Å². The Kier molecular flexibility index (Phi) is 5.35. The summed E-state index contributed by atoms with van der Waals surface area (Å²) < 4.78 is 36.5. The van der Waals surface area contributed by atoms with E-state index in [1.54, 1.807) is 26.2 Å². The predicted octanol–water partition coefficient (Wildman–Crippen LogP) is 4.70. The second-order valence-electron chi connectivity index (χ2n) is 12.3. The van der Waals surface area contributed by atoms with Gasteiger partial charge in [0, 0.05) is 42.0 Å². The number of nitrogens with zero attached hydrogens (tertiary/aromatic N) is 2. The Morgan fingerprint density at radius 2 is 1.79 bits per heavy atom. The predicted molar refractivity (Wildman–Crippen MR) is 148 cm³/mol. The molecule has 2 atom stereocenters. The fourth-order valence-electron chi connectivity index (χ4n) is 7.57. The van der Waals surface area contributed by atoms with E-state index < -0.39 is 26.3 Å². The molecule has 9 heteroatoms. The highest BCUT2D eigenvalue weighted by atomic mass is 32.2. The third-order valence-corrected chi connectivity index (χ3v) is 12.1. The maximum atomic E-state index is 14.2. The van der Waals surface area contributed by atoms with Gasteiger partial charge >= 0.3 is 5.97 Å². The lowest BCUT2D eigenvalue weighted by atomic mass is 9.81. The van der Waals surface area contributed by atoms with E-state index in [0.29, 0.717) is 18.1 Å². The van der Waals surface area contributed by atoms with E-state index >= 15 is 0 Å². The summed E-state index contributed by atoms with van der Waals surface area (Å²) in [5.74, 6) is -0.193. The van der Waals surface area contributed by atoms with Gasteiger partial charge in [0.05, 0.1) is 24.0 Å². The molecule has 1 saturated heterocycles. The first kappa shape index (κ1) is 25.1. The summed E-state index contributed by atoms with van der Waals surface area (Å²) in [6.45, 7) is 2.09. The second-order valence-corrected chi connectivity index (χ2v) is 14.5. The zero-order valence-electron chi connectivity index (χ0n) is 22.3. The Balaban J connectivity index is 1.51. The minimum atomic E-state index is -3.77. The smallest absolute Gasteiger partial charge is 0.335 e. The molecule has 39 heavy (non-hydrogen) atoms. The molecule has 0 bridgehead atoms. The van der Waals surface area contributed by atoms with Crippen LogP contribution < -0.4 is 4.74 Å². The highest BCUT2D eigenvalue weighted by Crippen LogP contribution is 2.64. The van der Waals surface area contributed by atoms with Crippen molar-refractivity contribution in [3.8, 4) is 17.0 Å². The van der Waals surface area contributed by atoms with Crippen molar-refractivity contribution in [3.63, 3.8) is 0 Å². The molecule has 2 aromatic carbocycles. The number of carbonyl (C=O) groups is 1. The largest absolute Gasteiger partial charge is 0.497 e. The van der Waals surface area contributed by atoms with Crippen molar-refractivity contribution in [2.24, 2.45) is 0 Å². The highest BCUT2D eigenvalue weighted by Gasteiger charge is 2.69. The maximum Gasteiger partial charge on any atom is 0.335 e. The molecular weight excluding hydrogens is 516 g/mol. The van der Waals surface area contributed by atoms with Crippen molar-refractivity contribution in [1.29, 1.82) is 0 Å². The summed E-state index contributed by atoms with van der Waals surface area (Å²) in [6.07, 6.45) is 6.11. The van der Waals surface area contributed by atoms with E-state index in [4.69, 9.17) is 4.74 Å². The van der Waals surface area contributed by atoms with Crippen LogP contribution in [-0.2, 0) is 16.6 Å². The number of sulfonamides is 1. The average Bonchev–Trinajstić information content (AvgIpc) is 3.58. The van der Waals surface area contributed by atoms with Gasteiger partial charge < -0.3 is 19.5 Å². The van der Waals surface area contributed by atoms with Crippen LogP contribution in [0.5, 0.6) is 5.75 Å². The van der Waals surface area contributed by atoms with Crippen molar-refractivity contribution in [3.05, 3.63) is 53.1 Å². The van der Waals surface area contributed by atoms with Crippen LogP contribution in [0.3, 0.4) is 0 Å². The maximum absolute atomic E-state index is 14.2. The number of hydrogen-bond acceptors (Lipinski definition) is 5. The number of hydrogen-bond donors (Lipinski definition) is 2. The van der Waals surface area contributed by atoms with Gasteiger partial charge in [-0.15, -0.1) is 0 Å². The molecule has 2 aliphatic heterocycles. The van der Waals surface area contributed by atoms with Crippen molar-refractivity contribution in [2.45, 2.75) is 74.2 Å². The van der Waals surface area contributed by atoms with Crippen molar-refractivity contribution in [1.82, 2.24) is 8.87 Å². The zero-order valence-corrected chi connectivity index (χ0v) is 23.1. The van der Waals surface area contributed by atoms with Crippen LogP contribution in [0.15, 0.2) is 36.4 Å². The summed E-state index contributed by atoms with van der Waals surface area (Å²) >= 11 is 0. The molecule has 0 amide bonds. The molecule has 3 aromatic rings. The summed E-state index contributed by atoms with van der Waals surface area (Å²) in [7, 11) is -2.15. The zero-order chi connectivity index (χ0) is 27.3. The minimum absolute atomic E-state index is 0.0878. The van der Waals surface area contributed by atoms with Crippen LogP contribution in [0.2, 0.25) is 0 Å². The Morgan fingerprint density at radius 3 is 2.46 bits per heavy atom. The second kappa shape index (κ2) is 8.32. The van der Waals surface area contributed by atoms with E-state index in [0.717, 1.165) is 53.4 Å². The quantitative estimate of drug-likeness (QED) is 0.477. The summed E-state index contributed by atoms with van der Waals surface area (Å²) in [5, 5.41) is 21.2. The lowest BCUT2D eigenvalue weighted by Crippen LogP contribution is -2.64. The first-order valence-electron chi connectivity index (χ1n) is 13.9. The molecule has 206 valence electrons. The topological polar surface area (TPSA) is 109 Å².